The van der Waals surface area contributed by atoms with Crippen LogP contribution in [-0.2, 0) is 9.84 Å². The van der Waals surface area contributed by atoms with Gasteiger partial charge in [0.15, 0.2) is 9.84 Å². The van der Waals surface area contributed by atoms with Gasteiger partial charge in [-0.05, 0) is 31.0 Å². The van der Waals surface area contributed by atoms with Gasteiger partial charge < -0.3 is 4.90 Å². The average molecular weight is 395 g/mol. The van der Waals surface area contributed by atoms with E-state index in [4.69, 9.17) is 0 Å². The SMILES string of the molecule is O=C(c1cc(-c2ccccc2)n[nH]1)N1CCC(S(=O)(=O)c2ccccc2)CC1. The summed E-state index contributed by atoms with van der Waals surface area (Å²) in [7, 11) is -3.37. The molecule has 7 heteroatoms. The van der Waals surface area contributed by atoms with Crippen LogP contribution in [0.4, 0.5) is 0 Å². The molecule has 28 heavy (non-hydrogen) atoms. The highest BCUT2D eigenvalue weighted by atomic mass is 32.2. The third-order valence-electron chi connectivity index (χ3n) is 5.12. The first kappa shape index (κ1) is 18.4. The van der Waals surface area contributed by atoms with Crippen LogP contribution < -0.4 is 0 Å². The third-order valence-corrected chi connectivity index (χ3v) is 7.40. The molecule has 2 aromatic carbocycles. The van der Waals surface area contributed by atoms with Crippen molar-refractivity contribution in [2.75, 3.05) is 13.1 Å². The second-order valence-corrected chi connectivity index (χ2v) is 9.11. The van der Waals surface area contributed by atoms with Crippen LogP contribution in [0, 0.1) is 0 Å². The van der Waals surface area contributed by atoms with Crippen molar-refractivity contribution in [1.82, 2.24) is 15.1 Å². The molecule has 0 spiro atoms. The zero-order valence-corrected chi connectivity index (χ0v) is 16.1. The van der Waals surface area contributed by atoms with E-state index in [1.165, 1.54) is 0 Å². The molecular formula is C21H21N3O3S. The fourth-order valence-corrected chi connectivity index (χ4v) is 5.28. The average Bonchev–Trinajstić information content (AvgIpc) is 3.25. The lowest BCUT2D eigenvalue weighted by Gasteiger charge is -2.31. The zero-order chi connectivity index (χ0) is 19.6. The van der Waals surface area contributed by atoms with E-state index in [1.807, 2.05) is 30.3 Å². The highest BCUT2D eigenvalue weighted by Gasteiger charge is 2.33. The lowest BCUT2D eigenvalue weighted by molar-refractivity contribution is 0.0719. The Bertz CT molecular complexity index is 1050. The molecule has 1 aliphatic heterocycles. The van der Waals surface area contributed by atoms with Gasteiger partial charge in [0.05, 0.1) is 15.8 Å². The van der Waals surface area contributed by atoms with Crippen molar-refractivity contribution in [3.05, 3.63) is 72.4 Å². The first-order valence-corrected chi connectivity index (χ1v) is 10.8. The molecule has 1 amide bonds. The molecule has 1 fully saturated rings. The highest BCUT2D eigenvalue weighted by Crippen LogP contribution is 2.25. The van der Waals surface area contributed by atoms with Gasteiger partial charge in [-0.25, -0.2) is 8.42 Å². The van der Waals surface area contributed by atoms with Crippen molar-refractivity contribution >= 4 is 15.7 Å². The van der Waals surface area contributed by atoms with Gasteiger partial charge in [0.25, 0.3) is 5.91 Å². The van der Waals surface area contributed by atoms with Gasteiger partial charge >= 0.3 is 0 Å². The quantitative estimate of drug-likeness (QED) is 0.736. The molecule has 3 aromatic rings. The van der Waals surface area contributed by atoms with E-state index in [2.05, 4.69) is 10.2 Å². The normalized spacial score (nSPS) is 15.5. The number of amides is 1. The zero-order valence-electron chi connectivity index (χ0n) is 15.3. The van der Waals surface area contributed by atoms with E-state index in [-0.39, 0.29) is 5.91 Å². The molecule has 0 aliphatic carbocycles. The minimum atomic E-state index is -3.37. The Hall–Kier alpha value is -2.93. The summed E-state index contributed by atoms with van der Waals surface area (Å²) >= 11 is 0. The first-order chi connectivity index (χ1) is 13.6. The fraction of sp³-hybridized carbons (Fsp3) is 0.238. The second kappa shape index (κ2) is 7.59. The smallest absolute Gasteiger partial charge is 0.271 e. The number of hydrogen-bond donors (Lipinski definition) is 1. The van der Waals surface area contributed by atoms with Gasteiger partial charge in [0.1, 0.15) is 5.69 Å². The van der Waals surface area contributed by atoms with Crippen molar-refractivity contribution < 1.29 is 13.2 Å². The Morgan fingerprint density at radius 2 is 1.57 bits per heavy atom. The summed E-state index contributed by atoms with van der Waals surface area (Å²) in [4.78, 5) is 14.8. The van der Waals surface area contributed by atoms with Crippen molar-refractivity contribution in [2.24, 2.45) is 0 Å². The van der Waals surface area contributed by atoms with E-state index in [0.717, 1.165) is 5.56 Å². The van der Waals surface area contributed by atoms with Gasteiger partial charge in [-0.1, -0.05) is 48.5 Å². The number of piperidine rings is 1. The molecule has 2 heterocycles. The number of nitrogens with one attached hydrogen (secondary N) is 1. The molecule has 0 bridgehead atoms. The predicted molar refractivity (Wildman–Crippen MR) is 107 cm³/mol. The largest absolute Gasteiger partial charge is 0.337 e. The molecule has 4 rings (SSSR count). The third kappa shape index (κ3) is 3.57. The van der Waals surface area contributed by atoms with Crippen LogP contribution in [0.5, 0.6) is 0 Å². The van der Waals surface area contributed by atoms with E-state index in [9.17, 15) is 13.2 Å². The summed E-state index contributed by atoms with van der Waals surface area (Å²) in [5.41, 5.74) is 2.07. The van der Waals surface area contributed by atoms with Crippen molar-refractivity contribution in [3.63, 3.8) is 0 Å². The van der Waals surface area contributed by atoms with E-state index in [0.29, 0.717) is 42.2 Å². The summed E-state index contributed by atoms with van der Waals surface area (Å²) in [5, 5.41) is 6.58. The van der Waals surface area contributed by atoms with Gasteiger partial charge in [0, 0.05) is 18.7 Å². The number of carbonyl (C=O) groups is 1. The van der Waals surface area contributed by atoms with E-state index >= 15 is 0 Å². The summed E-state index contributed by atoms with van der Waals surface area (Å²) in [6.07, 6.45) is 0.866. The van der Waals surface area contributed by atoms with Gasteiger partial charge in [-0.15, -0.1) is 0 Å². The van der Waals surface area contributed by atoms with Crippen LogP contribution >= 0.6 is 0 Å². The summed E-state index contributed by atoms with van der Waals surface area (Å²) in [6.45, 7) is 0.824. The summed E-state index contributed by atoms with van der Waals surface area (Å²) < 4.78 is 25.5. The number of rotatable bonds is 4. The van der Waals surface area contributed by atoms with E-state index in [1.54, 1.807) is 41.3 Å². The maximum atomic E-state index is 12.8. The molecule has 0 saturated carbocycles. The number of aromatic amines is 1. The maximum absolute atomic E-state index is 12.8. The van der Waals surface area contributed by atoms with E-state index < -0.39 is 15.1 Å². The molecule has 0 atom stereocenters. The number of likely N-dealkylation sites (tertiary alicyclic amines) is 1. The first-order valence-electron chi connectivity index (χ1n) is 9.25. The monoisotopic (exact) mass is 395 g/mol. The van der Waals surface area contributed by atoms with Gasteiger partial charge in [-0.2, -0.15) is 5.10 Å². The van der Waals surface area contributed by atoms with Crippen LogP contribution in [0.3, 0.4) is 0 Å². The number of aromatic nitrogens is 2. The molecule has 0 unspecified atom stereocenters. The molecule has 144 valence electrons. The molecule has 1 aromatic heterocycles. The number of nitrogens with zero attached hydrogens (tertiary/aromatic N) is 2. The van der Waals surface area contributed by atoms with Crippen LogP contribution in [0.2, 0.25) is 0 Å². The van der Waals surface area contributed by atoms with Crippen molar-refractivity contribution in [3.8, 4) is 11.3 Å². The van der Waals surface area contributed by atoms with Crippen molar-refractivity contribution in [1.29, 1.82) is 0 Å². The predicted octanol–water partition coefficient (Wildman–Crippen LogP) is 3.16. The van der Waals surface area contributed by atoms with Crippen LogP contribution in [0.25, 0.3) is 11.3 Å². The fourth-order valence-electron chi connectivity index (χ4n) is 3.53. The molecular weight excluding hydrogens is 374 g/mol. The molecule has 1 aliphatic rings. The Morgan fingerprint density at radius 1 is 0.964 bits per heavy atom. The molecule has 1 N–H and O–H groups in total. The summed E-state index contributed by atoms with van der Waals surface area (Å²) in [5.74, 6) is -0.148. The van der Waals surface area contributed by atoms with Gasteiger partial charge in [-0.3, -0.25) is 9.89 Å². The lowest BCUT2D eigenvalue weighted by atomic mass is 10.1. The Kier molecular flexibility index (Phi) is 5.00. The van der Waals surface area contributed by atoms with Crippen LogP contribution in [0.15, 0.2) is 71.6 Å². The standard InChI is InChI=1S/C21H21N3O3S/c25-21(20-15-19(22-23-20)16-7-3-1-4-8-16)24-13-11-18(12-14-24)28(26,27)17-9-5-2-6-10-17/h1-10,15,18H,11-14H2,(H,22,23). The Morgan fingerprint density at radius 3 is 2.21 bits per heavy atom. The number of H-pyrrole nitrogens is 1. The molecule has 0 radical (unpaired) electrons. The van der Waals surface area contributed by atoms with Crippen LogP contribution in [-0.4, -0.2) is 47.8 Å². The second-order valence-electron chi connectivity index (χ2n) is 6.88. The molecule has 1 saturated heterocycles. The Balaban J connectivity index is 1.43. The number of sulfone groups is 1. The van der Waals surface area contributed by atoms with Gasteiger partial charge in [0.2, 0.25) is 0 Å². The summed E-state index contributed by atoms with van der Waals surface area (Å²) in [6, 6.07) is 19.9. The Labute approximate surface area is 164 Å². The maximum Gasteiger partial charge on any atom is 0.271 e. The number of carbonyl (C=O) groups excluding carboxylic acids is 1. The highest BCUT2D eigenvalue weighted by molar-refractivity contribution is 7.92. The minimum Gasteiger partial charge on any atom is -0.337 e. The van der Waals surface area contributed by atoms with Crippen molar-refractivity contribution in [2.45, 2.75) is 23.0 Å². The van der Waals surface area contributed by atoms with Crippen LogP contribution in [0.1, 0.15) is 23.3 Å². The minimum absolute atomic E-state index is 0.148. The lowest BCUT2D eigenvalue weighted by Crippen LogP contribution is -2.42. The molecule has 6 nitrogen and oxygen atoms in total. The number of benzene rings is 2. The number of hydrogen-bond acceptors (Lipinski definition) is 4. The topological polar surface area (TPSA) is 83.1 Å².